The second-order valence-corrected chi connectivity index (χ2v) is 9.83. The zero-order valence-electron chi connectivity index (χ0n) is 17.5. The smallest absolute Gasteiger partial charge is 0.252 e. The van der Waals surface area contributed by atoms with Gasteiger partial charge in [-0.25, -0.2) is 8.42 Å². The highest BCUT2D eigenvalue weighted by atomic mass is 32.2. The minimum absolute atomic E-state index is 0.146. The molecule has 0 bridgehead atoms. The largest absolute Gasteiger partial charge is 0.341 e. The predicted molar refractivity (Wildman–Crippen MR) is 124 cm³/mol. The molecule has 3 aromatic rings. The number of amides is 1. The van der Waals surface area contributed by atoms with E-state index in [1.54, 1.807) is 24.3 Å². The van der Waals surface area contributed by atoms with Crippen LogP contribution < -0.4 is 9.62 Å². The monoisotopic (exact) mass is 434 g/mol. The molecular formula is C25H26N2O3S. The third-order valence-corrected chi connectivity index (χ3v) is 7.52. The average Bonchev–Trinajstić information content (AvgIpc) is 2.78. The molecule has 3 aromatic carbocycles. The summed E-state index contributed by atoms with van der Waals surface area (Å²) >= 11 is 0. The zero-order chi connectivity index (χ0) is 21.8. The maximum absolute atomic E-state index is 13.2. The SMILES string of the molecule is Cc1ccccc1[C@@H](NC(=O)c1cccc(N2CCCCS2(=O)=O)c1)c1ccccc1. The molecule has 1 aliphatic heterocycles. The average molecular weight is 435 g/mol. The van der Waals surface area contributed by atoms with Crippen LogP contribution in [0.1, 0.15) is 45.9 Å². The Hall–Kier alpha value is -3.12. The van der Waals surface area contributed by atoms with Crippen molar-refractivity contribution in [2.24, 2.45) is 0 Å². The predicted octanol–water partition coefficient (Wildman–Crippen LogP) is 4.44. The molecule has 160 valence electrons. The van der Waals surface area contributed by atoms with Gasteiger partial charge in [0.1, 0.15) is 0 Å². The molecule has 1 fully saturated rings. The van der Waals surface area contributed by atoms with Crippen LogP contribution >= 0.6 is 0 Å². The third kappa shape index (κ3) is 4.64. The second kappa shape index (κ2) is 8.94. The first-order chi connectivity index (χ1) is 15.0. The van der Waals surface area contributed by atoms with Crippen molar-refractivity contribution in [2.75, 3.05) is 16.6 Å². The van der Waals surface area contributed by atoms with Crippen molar-refractivity contribution < 1.29 is 13.2 Å². The molecule has 6 heteroatoms. The molecule has 0 spiro atoms. The van der Waals surface area contributed by atoms with Crippen molar-refractivity contribution in [3.63, 3.8) is 0 Å². The first kappa shape index (κ1) is 21.1. The van der Waals surface area contributed by atoms with Gasteiger partial charge < -0.3 is 5.32 Å². The number of hydrogen-bond donors (Lipinski definition) is 1. The summed E-state index contributed by atoms with van der Waals surface area (Å²) in [6.07, 6.45) is 1.49. The lowest BCUT2D eigenvalue weighted by atomic mass is 9.94. The van der Waals surface area contributed by atoms with E-state index in [2.05, 4.69) is 5.32 Å². The highest BCUT2D eigenvalue weighted by Gasteiger charge is 2.27. The third-order valence-electron chi connectivity index (χ3n) is 5.65. The van der Waals surface area contributed by atoms with Gasteiger partial charge in [0.2, 0.25) is 10.0 Å². The Balaban J connectivity index is 1.65. The molecule has 0 aliphatic carbocycles. The molecule has 0 saturated carbocycles. The van der Waals surface area contributed by atoms with Crippen LogP contribution in [0.15, 0.2) is 78.9 Å². The van der Waals surface area contributed by atoms with Crippen LogP contribution in [-0.4, -0.2) is 26.6 Å². The van der Waals surface area contributed by atoms with Crippen molar-refractivity contribution in [2.45, 2.75) is 25.8 Å². The fourth-order valence-electron chi connectivity index (χ4n) is 3.99. The Morgan fingerprint density at radius 3 is 2.42 bits per heavy atom. The first-order valence-electron chi connectivity index (χ1n) is 10.5. The lowest BCUT2D eigenvalue weighted by molar-refractivity contribution is 0.0943. The Bertz CT molecular complexity index is 1180. The molecule has 1 saturated heterocycles. The van der Waals surface area contributed by atoms with Crippen molar-refractivity contribution in [1.82, 2.24) is 5.32 Å². The summed E-state index contributed by atoms with van der Waals surface area (Å²) in [4.78, 5) is 13.2. The zero-order valence-corrected chi connectivity index (χ0v) is 18.3. The maximum Gasteiger partial charge on any atom is 0.252 e. The molecule has 31 heavy (non-hydrogen) atoms. The Morgan fingerprint density at radius 2 is 1.68 bits per heavy atom. The van der Waals surface area contributed by atoms with Gasteiger partial charge in [0.15, 0.2) is 0 Å². The minimum atomic E-state index is -3.33. The molecule has 0 radical (unpaired) electrons. The van der Waals surface area contributed by atoms with Gasteiger partial charge in [0.05, 0.1) is 17.5 Å². The van der Waals surface area contributed by atoms with Crippen molar-refractivity contribution in [3.8, 4) is 0 Å². The summed E-state index contributed by atoms with van der Waals surface area (Å²) in [6, 6.07) is 24.4. The van der Waals surface area contributed by atoms with Crippen LogP contribution in [0.2, 0.25) is 0 Å². The summed E-state index contributed by atoms with van der Waals surface area (Å²) in [6.45, 7) is 2.47. The van der Waals surface area contributed by atoms with Crippen molar-refractivity contribution in [1.29, 1.82) is 0 Å². The van der Waals surface area contributed by atoms with Gasteiger partial charge in [0, 0.05) is 12.1 Å². The highest BCUT2D eigenvalue weighted by Crippen LogP contribution is 2.27. The second-order valence-electron chi connectivity index (χ2n) is 7.82. The summed E-state index contributed by atoms with van der Waals surface area (Å²) in [5.74, 6) is -0.0966. The van der Waals surface area contributed by atoms with E-state index in [-0.39, 0.29) is 17.7 Å². The van der Waals surface area contributed by atoms with E-state index in [1.165, 1.54) is 4.31 Å². The standard InChI is InChI=1S/C25H26N2O3S/c1-19-10-5-6-15-23(19)24(20-11-3-2-4-12-20)26-25(28)21-13-9-14-22(18-21)27-16-7-8-17-31(27,29)30/h2-6,9-15,18,24H,7-8,16-17H2,1H3,(H,26,28)/t24-/m0/s1. The lowest BCUT2D eigenvalue weighted by Gasteiger charge is -2.28. The van der Waals surface area contributed by atoms with Crippen LogP contribution in [0.3, 0.4) is 0 Å². The number of carbonyl (C=O) groups excluding carboxylic acids is 1. The fraction of sp³-hybridized carbons (Fsp3) is 0.240. The minimum Gasteiger partial charge on any atom is -0.341 e. The molecule has 1 heterocycles. The van der Waals surface area contributed by atoms with Crippen molar-refractivity contribution >= 4 is 21.6 Å². The summed E-state index contributed by atoms with van der Waals surface area (Å²) in [5, 5.41) is 3.15. The number of anilines is 1. The van der Waals surface area contributed by atoms with Gasteiger partial charge >= 0.3 is 0 Å². The van der Waals surface area contributed by atoms with Crippen molar-refractivity contribution in [3.05, 3.63) is 101 Å². The van der Waals surface area contributed by atoms with E-state index in [9.17, 15) is 13.2 Å². The Kier molecular flexibility index (Phi) is 6.09. The number of hydrogen-bond acceptors (Lipinski definition) is 3. The topological polar surface area (TPSA) is 66.5 Å². The summed E-state index contributed by atoms with van der Waals surface area (Å²) < 4.78 is 26.4. The van der Waals surface area contributed by atoms with E-state index < -0.39 is 10.0 Å². The lowest BCUT2D eigenvalue weighted by Crippen LogP contribution is -2.38. The molecule has 4 rings (SSSR count). The van der Waals surface area contributed by atoms with Gasteiger partial charge in [-0.2, -0.15) is 0 Å². The van der Waals surface area contributed by atoms with Gasteiger partial charge in [-0.3, -0.25) is 9.10 Å². The van der Waals surface area contributed by atoms with Crippen LogP contribution in [0.25, 0.3) is 0 Å². The van der Waals surface area contributed by atoms with Crippen LogP contribution in [0.4, 0.5) is 5.69 Å². The number of rotatable bonds is 5. The highest BCUT2D eigenvalue weighted by molar-refractivity contribution is 7.92. The molecular weight excluding hydrogens is 408 g/mol. The number of aryl methyl sites for hydroxylation is 1. The molecule has 1 aliphatic rings. The van der Waals surface area contributed by atoms with E-state index in [1.807, 2.05) is 61.5 Å². The van der Waals surface area contributed by atoms with E-state index in [0.29, 0.717) is 24.2 Å². The van der Waals surface area contributed by atoms with Gasteiger partial charge in [-0.05, 0) is 54.7 Å². The molecule has 5 nitrogen and oxygen atoms in total. The molecule has 1 N–H and O–H groups in total. The van der Waals surface area contributed by atoms with E-state index in [0.717, 1.165) is 23.1 Å². The van der Waals surface area contributed by atoms with Crippen LogP contribution in [-0.2, 0) is 10.0 Å². The molecule has 0 aromatic heterocycles. The van der Waals surface area contributed by atoms with Gasteiger partial charge in [-0.1, -0.05) is 60.7 Å². The summed E-state index contributed by atoms with van der Waals surface area (Å²) in [7, 11) is -3.33. The molecule has 0 unspecified atom stereocenters. The van der Waals surface area contributed by atoms with Crippen LogP contribution in [0.5, 0.6) is 0 Å². The van der Waals surface area contributed by atoms with E-state index in [4.69, 9.17) is 0 Å². The number of benzene rings is 3. The van der Waals surface area contributed by atoms with Crippen LogP contribution in [0, 0.1) is 6.92 Å². The fourth-order valence-corrected chi connectivity index (χ4v) is 5.62. The van der Waals surface area contributed by atoms with Gasteiger partial charge in [-0.15, -0.1) is 0 Å². The number of nitrogens with zero attached hydrogens (tertiary/aromatic N) is 1. The number of nitrogens with one attached hydrogen (secondary N) is 1. The Labute approximate surface area is 183 Å². The first-order valence-corrected chi connectivity index (χ1v) is 12.1. The summed E-state index contributed by atoms with van der Waals surface area (Å²) in [5.41, 5.74) is 4.08. The maximum atomic E-state index is 13.2. The molecule has 1 amide bonds. The van der Waals surface area contributed by atoms with Gasteiger partial charge in [0.25, 0.3) is 5.91 Å². The molecule has 1 atom stereocenters. The normalized spacial score (nSPS) is 16.5. The van der Waals surface area contributed by atoms with E-state index >= 15 is 0 Å². The number of carbonyl (C=O) groups is 1. The number of sulfonamides is 1. The quantitative estimate of drug-likeness (QED) is 0.645. The Morgan fingerprint density at radius 1 is 0.935 bits per heavy atom.